The zero-order valence-corrected chi connectivity index (χ0v) is 12.9. The second-order valence-corrected chi connectivity index (χ2v) is 5.99. The van der Waals surface area contributed by atoms with Crippen molar-refractivity contribution < 1.29 is 4.79 Å². The molecule has 0 N–H and O–H groups in total. The lowest BCUT2D eigenvalue weighted by molar-refractivity contribution is -0.135. The van der Waals surface area contributed by atoms with Crippen LogP contribution in [0.5, 0.6) is 0 Å². The third kappa shape index (κ3) is 4.34. The maximum Gasteiger partial charge on any atom is 0.223 e. The van der Waals surface area contributed by atoms with Crippen LogP contribution in [0.2, 0.25) is 0 Å². The van der Waals surface area contributed by atoms with E-state index in [2.05, 4.69) is 33.0 Å². The Hall–Kier alpha value is -0.830. The third-order valence-electron chi connectivity index (χ3n) is 3.84. The van der Waals surface area contributed by atoms with Crippen molar-refractivity contribution in [3.05, 3.63) is 35.9 Å². The highest BCUT2D eigenvalue weighted by Gasteiger charge is 2.27. The maximum absolute atomic E-state index is 12.4. The largest absolute Gasteiger partial charge is 0.340 e. The summed E-state index contributed by atoms with van der Waals surface area (Å²) in [5.41, 5.74) is 1.25. The monoisotopic (exact) mass is 323 g/mol. The van der Waals surface area contributed by atoms with E-state index in [1.165, 1.54) is 24.8 Å². The van der Waals surface area contributed by atoms with Crippen LogP contribution in [-0.4, -0.2) is 28.7 Å². The number of halogens is 1. The van der Waals surface area contributed by atoms with Crippen LogP contribution in [0.1, 0.15) is 37.7 Å². The van der Waals surface area contributed by atoms with Crippen LogP contribution in [0, 0.1) is 0 Å². The molecular weight excluding hydrogens is 302 g/mol. The van der Waals surface area contributed by atoms with Crippen LogP contribution in [0.3, 0.4) is 0 Å². The molecule has 0 aliphatic heterocycles. The fourth-order valence-electron chi connectivity index (χ4n) is 2.48. The van der Waals surface area contributed by atoms with E-state index >= 15 is 0 Å². The first kappa shape index (κ1) is 14.6. The topological polar surface area (TPSA) is 20.3 Å². The lowest BCUT2D eigenvalue weighted by atomic mass is 9.91. The number of carbonyl (C=O) groups is 1. The summed E-state index contributed by atoms with van der Waals surface area (Å²) in [6.45, 7) is 0.906. The molecule has 0 saturated heterocycles. The van der Waals surface area contributed by atoms with Gasteiger partial charge in [-0.2, -0.15) is 0 Å². The summed E-state index contributed by atoms with van der Waals surface area (Å²) < 4.78 is 0. The van der Waals surface area contributed by atoms with Gasteiger partial charge in [0.1, 0.15) is 0 Å². The van der Waals surface area contributed by atoms with E-state index < -0.39 is 0 Å². The molecule has 0 aromatic heterocycles. The molecule has 1 aliphatic carbocycles. The quantitative estimate of drug-likeness (QED) is 0.699. The fraction of sp³-hybridized carbons (Fsp3) is 0.562. The lowest BCUT2D eigenvalue weighted by Gasteiger charge is -2.37. The zero-order chi connectivity index (χ0) is 13.5. The van der Waals surface area contributed by atoms with Crippen molar-refractivity contribution in [1.82, 2.24) is 4.90 Å². The van der Waals surface area contributed by atoms with Gasteiger partial charge in [0.25, 0.3) is 0 Å². The minimum Gasteiger partial charge on any atom is -0.340 e. The third-order valence-corrected chi connectivity index (χ3v) is 4.40. The lowest BCUT2D eigenvalue weighted by Crippen LogP contribution is -2.44. The molecule has 0 atom stereocenters. The number of carbonyl (C=O) groups excluding carboxylic acids is 1. The fourth-order valence-corrected chi connectivity index (χ4v) is 2.73. The first-order valence-corrected chi connectivity index (χ1v) is 8.33. The minimum absolute atomic E-state index is 0.328. The van der Waals surface area contributed by atoms with Gasteiger partial charge in [-0.15, -0.1) is 0 Å². The van der Waals surface area contributed by atoms with Crippen molar-refractivity contribution in [2.75, 3.05) is 11.9 Å². The van der Waals surface area contributed by atoms with Gasteiger partial charge in [-0.25, -0.2) is 0 Å². The number of aryl methyl sites for hydroxylation is 1. The second-order valence-electron chi connectivity index (χ2n) is 5.20. The second kappa shape index (κ2) is 7.68. The van der Waals surface area contributed by atoms with Gasteiger partial charge in [-0.05, 0) is 37.7 Å². The van der Waals surface area contributed by atoms with E-state index in [-0.39, 0.29) is 0 Å². The summed E-state index contributed by atoms with van der Waals surface area (Å²) in [5, 5.41) is 0.974. The van der Waals surface area contributed by atoms with Crippen molar-refractivity contribution in [2.24, 2.45) is 0 Å². The molecule has 3 heteroatoms. The van der Waals surface area contributed by atoms with Gasteiger partial charge >= 0.3 is 0 Å². The summed E-state index contributed by atoms with van der Waals surface area (Å²) in [4.78, 5) is 14.5. The highest BCUT2D eigenvalue weighted by atomic mass is 79.9. The number of nitrogens with zero attached hydrogens (tertiary/aromatic N) is 1. The molecule has 104 valence electrons. The van der Waals surface area contributed by atoms with E-state index in [0.29, 0.717) is 18.4 Å². The Morgan fingerprint density at radius 2 is 2.00 bits per heavy atom. The van der Waals surface area contributed by atoms with Crippen LogP contribution in [-0.2, 0) is 11.2 Å². The van der Waals surface area contributed by atoms with Crippen LogP contribution < -0.4 is 0 Å². The molecule has 0 heterocycles. The van der Waals surface area contributed by atoms with E-state index in [9.17, 15) is 4.79 Å². The Morgan fingerprint density at radius 3 is 2.58 bits per heavy atom. The SMILES string of the molecule is O=C(CCc1ccccc1)N(CCCBr)C1CCC1. The summed E-state index contributed by atoms with van der Waals surface area (Å²) >= 11 is 3.45. The van der Waals surface area contributed by atoms with Crippen LogP contribution in [0.25, 0.3) is 0 Å². The van der Waals surface area contributed by atoms with Crippen LogP contribution in [0.4, 0.5) is 0 Å². The Kier molecular flexibility index (Phi) is 5.90. The predicted molar refractivity (Wildman–Crippen MR) is 82.5 cm³/mol. The Morgan fingerprint density at radius 1 is 1.26 bits per heavy atom. The average Bonchev–Trinajstić information content (AvgIpc) is 2.39. The summed E-state index contributed by atoms with van der Waals surface area (Å²) in [7, 11) is 0. The average molecular weight is 324 g/mol. The van der Waals surface area contributed by atoms with E-state index in [1.807, 2.05) is 18.2 Å². The minimum atomic E-state index is 0.328. The first-order chi connectivity index (χ1) is 9.31. The van der Waals surface area contributed by atoms with Gasteiger partial charge in [0.15, 0.2) is 0 Å². The molecule has 1 aliphatic rings. The van der Waals surface area contributed by atoms with Gasteiger partial charge in [-0.1, -0.05) is 46.3 Å². The van der Waals surface area contributed by atoms with Crippen LogP contribution >= 0.6 is 15.9 Å². The van der Waals surface area contributed by atoms with Crippen molar-refractivity contribution in [2.45, 2.75) is 44.6 Å². The van der Waals surface area contributed by atoms with E-state index in [1.54, 1.807) is 0 Å². The molecule has 19 heavy (non-hydrogen) atoms. The smallest absolute Gasteiger partial charge is 0.223 e. The molecule has 0 unspecified atom stereocenters. The molecule has 1 fully saturated rings. The highest BCUT2D eigenvalue weighted by molar-refractivity contribution is 9.09. The predicted octanol–water partition coefficient (Wildman–Crippen LogP) is 3.79. The molecule has 0 bridgehead atoms. The molecule has 0 radical (unpaired) electrons. The Bertz CT molecular complexity index is 389. The Labute approximate surface area is 124 Å². The number of hydrogen-bond donors (Lipinski definition) is 0. The highest BCUT2D eigenvalue weighted by Crippen LogP contribution is 2.25. The van der Waals surface area contributed by atoms with Gasteiger partial charge in [0.2, 0.25) is 5.91 Å². The van der Waals surface area contributed by atoms with Gasteiger partial charge < -0.3 is 4.90 Å². The number of alkyl halides is 1. The molecule has 1 aromatic rings. The number of amides is 1. The number of benzene rings is 1. The van der Waals surface area contributed by atoms with Crippen molar-refractivity contribution >= 4 is 21.8 Å². The van der Waals surface area contributed by atoms with Crippen molar-refractivity contribution in [1.29, 1.82) is 0 Å². The molecule has 1 amide bonds. The number of hydrogen-bond acceptors (Lipinski definition) is 1. The number of rotatable bonds is 7. The summed E-state index contributed by atoms with van der Waals surface area (Å²) in [5.74, 6) is 0.328. The molecule has 2 rings (SSSR count). The summed E-state index contributed by atoms with van der Waals surface area (Å²) in [6, 6.07) is 10.8. The van der Waals surface area contributed by atoms with Gasteiger partial charge in [0, 0.05) is 24.3 Å². The molecule has 1 aromatic carbocycles. The van der Waals surface area contributed by atoms with E-state index in [4.69, 9.17) is 0 Å². The van der Waals surface area contributed by atoms with Gasteiger partial charge in [-0.3, -0.25) is 4.79 Å². The molecule has 0 spiro atoms. The normalized spacial score (nSPS) is 15.0. The standard InChI is InChI=1S/C16H22BrNO/c17-12-5-13-18(15-8-4-9-15)16(19)11-10-14-6-2-1-3-7-14/h1-3,6-7,15H,4-5,8-13H2. The summed E-state index contributed by atoms with van der Waals surface area (Å²) in [6.07, 6.45) is 6.22. The maximum atomic E-state index is 12.4. The van der Waals surface area contributed by atoms with E-state index in [0.717, 1.165) is 24.7 Å². The van der Waals surface area contributed by atoms with Crippen LogP contribution in [0.15, 0.2) is 30.3 Å². The Balaban J connectivity index is 1.84. The van der Waals surface area contributed by atoms with Crippen molar-refractivity contribution in [3.8, 4) is 0 Å². The first-order valence-electron chi connectivity index (χ1n) is 7.20. The molecular formula is C16H22BrNO. The zero-order valence-electron chi connectivity index (χ0n) is 11.4. The molecule has 2 nitrogen and oxygen atoms in total. The molecule has 1 saturated carbocycles. The van der Waals surface area contributed by atoms with Gasteiger partial charge in [0.05, 0.1) is 0 Å². The van der Waals surface area contributed by atoms with Crippen molar-refractivity contribution in [3.63, 3.8) is 0 Å².